The van der Waals surface area contributed by atoms with Gasteiger partial charge in [-0.25, -0.2) is 4.98 Å². The largest absolute Gasteiger partial charge is 0.457 e. The molecule has 0 saturated heterocycles. The van der Waals surface area contributed by atoms with Crippen LogP contribution in [0.1, 0.15) is 130 Å². The predicted octanol–water partition coefficient (Wildman–Crippen LogP) is 16.7. The highest BCUT2D eigenvalue weighted by Crippen LogP contribution is 2.49. The fourth-order valence-corrected chi connectivity index (χ4v) is 9.38. The van der Waals surface area contributed by atoms with Crippen molar-refractivity contribution < 1.29 is 4.74 Å². The van der Waals surface area contributed by atoms with Crippen molar-refractivity contribution in [2.24, 2.45) is 0 Å². The lowest BCUT2D eigenvalue weighted by Crippen LogP contribution is -2.26. The Morgan fingerprint density at radius 3 is 1.64 bits per heavy atom. The number of anilines is 4. The Kier molecular flexibility index (Phi) is 10.8. The van der Waals surface area contributed by atoms with Crippen LogP contribution in [-0.2, 0) is 27.1 Å². The first-order chi connectivity index (χ1) is 31.0. The molecule has 1 aliphatic rings. The maximum absolute atomic E-state index is 7.06. The van der Waals surface area contributed by atoms with Crippen LogP contribution in [-0.4, -0.2) is 16.2 Å². The lowest BCUT2D eigenvalue weighted by molar-refractivity contribution is 0.479. The van der Waals surface area contributed by atoms with Gasteiger partial charge in [0.2, 0.25) is 0 Å². The molecule has 2 aromatic heterocycles. The van der Waals surface area contributed by atoms with Gasteiger partial charge in [0.25, 0.3) is 0 Å². The molecule has 8 aromatic rings. The minimum Gasteiger partial charge on any atom is -0.457 e. The van der Waals surface area contributed by atoms with Crippen molar-refractivity contribution in [1.82, 2.24) is 9.55 Å². The third-order valence-electron chi connectivity index (χ3n) is 13.8. The molecule has 0 radical (unpaired) electrons. The van der Waals surface area contributed by atoms with E-state index in [4.69, 9.17) is 9.72 Å². The Bertz CT molecular complexity index is 3080. The van der Waals surface area contributed by atoms with E-state index in [0.29, 0.717) is 6.67 Å². The molecule has 0 spiro atoms. The lowest BCUT2D eigenvalue weighted by atomic mass is 9.78. The number of para-hydroxylation sites is 1. The molecule has 0 saturated carbocycles. The molecule has 0 aliphatic carbocycles. The maximum atomic E-state index is 7.06. The zero-order valence-corrected chi connectivity index (χ0v) is 41.8. The van der Waals surface area contributed by atoms with Crippen LogP contribution >= 0.6 is 0 Å². The standard InChI is InChI=1S/C61H68N4O/c1-57(2,3)41-24-27-53-55(35-41)64(39-63(53)46-31-43(58(4,5)6)30-44(32-46)59(7,8)9)47-33-45(60(10,11)12)34-49(37-47)66-48-25-26-51-50-22-18-19-23-52(50)65(54(51)38-48)56-36-42(28-29-62-56)61(13,14)40-20-16-15-17-21-40/h15-38H,39H2,1-14H3. The molecule has 0 fully saturated rings. The van der Waals surface area contributed by atoms with Gasteiger partial charge in [-0.15, -0.1) is 0 Å². The van der Waals surface area contributed by atoms with Crippen molar-refractivity contribution in [2.75, 3.05) is 16.5 Å². The molecule has 5 heteroatoms. The molecule has 0 bridgehead atoms. The van der Waals surface area contributed by atoms with Gasteiger partial charge in [0.1, 0.15) is 24.0 Å². The summed E-state index contributed by atoms with van der Waals surface area (Å²) in [5.74, 6) is 2.46. The van der Waals surface area contributed by atoms with Crippen molar-refractivity contribution in [3.05, 3.63) is 179 Å². The van der Waals surface area contributed by atoms with Gasteiger partial charge in [-0.1, -0.05) is 158 Å². The van der Waals surface area contributed by atoms with Gasteiger partial charge in [0.05, 0.1) is 22.4 Å². The maximum Gasteiger partial charge on any atom is 0.137 e. The van der Waals surface area contributed by atoms with E-state index >= 15 is 0 Å². The molecule has 66 heavy (non-hydrogen) atoms. The number of nitrogens with zero attached hydrogens (tertiary/aromatic N) is 4. The number of ether oxygens (including phenoxy) is 1. The number of aromatic nitrogens is 2. The van der Waals surface area contributed by atoms with Crippen LogP contribution < -0.4 is 14.5 Å². The zero-order valence-electron chi connectivity index (χ0n) is 41.8. The monoisotopic (exact) mass is 873 g/mol. The second-order valence-corrected chi connectivity index (χ2v) is 23.2. The van der Waals surface area contributed by atoms with Crippen molar-refractivity contribution in [3.8, 4) is 17.3 Å². The van der Waals surface area contributed by atoms with E-state index in [1.165, 1.54) is 55.8 Å². The van der Waals surface area contributed by atoms with Gasteiger partial charge in [-0.05, 0) is 122 Å². The van der Waals surface area contributed by atoms with Crippen LogP contribution in [0.5, 0.6) is 11.5 Å². The fraction of sp³-hybridized carbons (Fsp3) is 0.328. The third-order valence-corrected chi connectivity index (χ3v) is 13.8. The van der Waals surface area contributed by atoms with Gasteiger partial charge in [-0.3, -0.25) is 4.57 Å². The van der Waals surface area contributed by atoms with Crippen molar-refractivity contribution in [1.29, 1.82) is 0 Å². The van der Waals surface area contributed by atoms with E-state index in [2.05, 4.69) is 251 Å². The Balaban J connectivity index is 1.16. The Morgan fingerprint density at radius 2 is 0.985 bits per heavy atom. The topological polar surface area (TPSA) is 33.5 Å². The molecule has 9 rings (SSSR count). The molecular weight excluding hydrogens is 805 g/mol. The van der Waals surface area contributed by atoms with E-state index < -0.39 is 0 Å². The Hall–Kier alpha value is -6.33. The van der Waals surface area contributed by atoms with E-state index in [1.807, 2.05) is 6.20 Å². The number of rotatable bonds is 7. The molecule has 6 aromatic carbocycles. The first-order valence-corrected chi connectivity index (χ1v) is 23.7. The first kappa shape index (κ1) is 44.9. The molecule has 5 nitrogen and oxygen atoms in total. The first-order valence-electron chi connectivity index (χ1n) is 23.7. The van der Waals surface area contributed by atoms with Crippen LogP contribution in [0, 0.1) is 0 Å². The van der Waals surface area contributed by atoms with Crippen LogP contribution in [0.2, 0.25) is 0 Å². The average Bonchev–Trinajstić information content (AvgIpc) is 3.81. The SMILES string of the molecule is CC(C)(C)c1cc(Oc2ccc3c4ccccc4n(-c4cc(C(C)(C)c5ccccc5)ccn4)c3c2)cc(N2CN(c3cc(C(C)(C)C)cc(C(C)(C)C)c3)c3ccc(C(C)(C)C)cc32)c1. The van der Waals surface area contributed by atoms with Gasteiger partial charge in [0, 0.05) is 45.9 Å². The second kappa shape index (κ2) is 15.9. The van der Waals surface area contributed by atoms with Crippen molar-refractivity contribution in [2.45, 2.75) is 124 Å². The lowest BCUT2D eigenvalue weighted by Gasteiger charge is -2.29. The molecule has 3 heterocycles. The molecule has 338 valence electrons. The highest BCUT2D eigenvalue weighted by Gasteiger charge is 2.33. The van der Waals surface area contributed by atoms with Gasteiger partial charge < -0.3 is 14.5 Å². The third kappa shape index (κ3) is 8.38. The van der Waals surface area contributed by atoms with Crippen molar-refractivity contribution >= 4 is 44.6 Å². The minimum atomic E-state index is -0.214. The van der Waals surface area contributed by atoms with E-state index in [-0.39, 0.29) is 27.1 Å². The number of pyridine rings is 1. The summed E-state index contributed by atoms with van der Waals surface area (Å²) in [6.07, 6.45) is 1.95. The Labute approximate surface area is 394 Å². The van der Waals surface area contributed by atoms with Crippen LogP contribution in [0.4, 0.5) is 22.7 Å². The van der Waals surface area contributed by atoms with Crippen LogP contribution in [0.25, 0.3) is 27.6 Å². The summed E-state index contributed by atoms with van der Waals surface area (Å²) in [6.45, 7) is 32.9. The number of hydrogen-bond acceptors (Lipinski definition) is 4. The summed E-state index contributed by atoms with van der Waals surface area (Å²) in [5.41, 5.74) is 14.2. The summed E-state index contributed by atoms with van der Waals surface area (Å²) in [5, 5.41) is 2.34. The highest BCUT2D eigenvalue weighted by molar-refractivity contribution is 6.09. The van der Waals surface area contributed by atoms with E-state index in [0.717, 1.165) is 39.4 Å². The molecule has 0 N–H and O–H groups in total. The number of benzene rings is 6. The normalized spacial score (nSPS) is 13.8. The molecule has 1 aliphatic heterocycles. The van der Waals surface area contributed by atoms with Gasteiger partial charge >= 0.3 is 0 Å². The molecule has 0 unspecified atom stereocenters. The second-order valence-electron chi connectivity index (χ2n) is 23.2. The number of hydrogen-bond donors (Lipinski definition) is 0. The molecular formula is C61H68N4O. The smallest absolute Gasteiger partial charge is 0.137 e. The number of fused-ring (bicyclic) bond motifs is 4. The summed E-state index contributed by atoms with van der Waals surface area (Å²) >= 11 is 0. The quantitative estimate of drug-likeness (QED) is 0.160. The predicted molar refractivity (Wildman–Crippen MR) is 280 cm³/mol. The van der Waals surface area contributed by atoms with Gasteiger partial charge in [-0.2, -0.15) is 0 Å². The van der Waals surface area contributed by atoms with Crippen LogP contribution in [0.3, 0.4) is 0 Å². The van der Waals surface area contributed by atoms with E-state index in [9.17, 15) is 0 Å². The summed E-state index contributed by atoms with van der Waals surface area (Å²) < 4.78 is 9.35. The fourth-order valence-electron chi connectivity index (χ4n) is 9.38. The average molecular weight is 873 g/mol. The van der Waals surface area contributed by atoms with E-state index in [1.54, 1.807) is 0 Å². The van der Waals surface area contributed by atoms with Crippen LogP contribution in [0.15, 0.2) is 146 Å². The minimum absolute atomic E-state index is 0.00116. The van der Waals surface area contributed by atoms with Gasteiger partial charge in [0.15, 0.2) is 0 Å². The van der Waals surface area contributed by atoms with Crippen molar-refractivity contribution in [3.63, 3.8) is 0 Å². The highest BCUT2D eigenvalue weighted by atomic mass is 16.5. The Morgan fingerprint density at radius 1 is 0.409 bits per heavy atom. The molecule has 0 amide bonds. The molecule has 0 atom stereocenters. The summed E-state index contributed by atoms with van der Waals surface area (Å²) in [7, 11) is 0. The zero-order chi connectivity index (χ0) is 47.1. The summed E-state index contributed by atoms with van der Waals surface area (Å²) in [6, 6.07) is 51.4. The summed E-state index contributed by atoms with van der Waals surface area (Å²) in [4.78, 5) is 10.0.